The van der Waals surface area contributed by atoms with E-state index in [2.05, 4.69) is 5.73 Å². The van der Waals surface area contributed by atoms with Gasteiger partial charge in [-0.25, -0.2) is 4.79 Å². The Bertz CT molecular complexity index is 226. The Kier molecular flexibility index (Phi) is 3.44. The molecule has 0 saturated heterocycles. The number of carbonyl (C=O) groups is 1. The molecule has 5 N–H and O–H groups in total. The first kappa shape index (κ1) is 11.9. The SMILES string of the molecule is NC/C=C/C(N)(C(=O)O)C(F)(F)F. The van der Waals surface area contributed by atoms with Crippen LogP contribution in [0, 0.1) is 0 Å². The van der Waals surface area contributed by atoms with Gasteiger partial charge in [0.1, 0.15) is 0 Å². The molecule has 13 heavy (non-hydrogen) atoms. The molecule has 0 rings (SSSR count). The van der Waals surface area contributed by atoms with Crippen molar-refractivity contribution in [1.82, 2.24) is 0 Å². The van der Waals surface area contributed by atoms with E-state index in [1.165, 1.54) is 0 Å². The lowest BCUT2D eigenvalue weighted by molar-refractivity contribution is -0.191. The summed E-state index contributed by atoms with van der Waals surface area (Å²) in [6.07, 6.45) is -3.86. The van der Waals surface area contributed by atoms with Crippen molar-refractivity contribution in [2.24, 2.45) is 11.5 Å². The van der Waals surface area contributed by atoms with Gasteiger partial charge in [0, 0.05) is 6.54 Å². The fraction of sp³-hybridized carbons (Fsp3) is 0.500. The van der Waals surface area contributed by atoms with Crippen molar-refractivity contribution < 1.29 is 23.1 Å². The van der Waals surface area contributed by atoms with Gasteiger partial charge in [0.05, 0.1) is 0 Å². The number of hydrogen-bond acceptors (Lipinski definition) is 3. The summed E-state index contributed by atoms with van der Waals surface area (Å²) < 4.78 is 36.2. The van der Waals surface area contributed by atoms with Gasteiger partial charge in [-0.3, -0.25) is 0 Å². The third-order valence-electron chi connectivity index (χ3n) is 1.34. The zero-order valence-electron chi connectivity index (χ0n) is 6.51. The predicted octanol–water partition coefficient (Wildman–Crippen LogP) is -0.154. The van der Waals surface area contributed by atoms with Gasteiger partial charge in [-0.2, -0.15) is 13.2 Å². The molecule has 7 heteroatoms. The lowest BCUT2D eigenvalue weighted by Crippen LogP contribution is -2.58. The Morgan fingerprint density at radius 3 is 2.15 bits per heavy atom. The molecule has 0 aliphatic rings. The van der Waals surface area contributed by atoms with Crippen LogP contribution in [0.2, 0.25) is 0 Å². The number of carboxylic acids is 1. The number of nitrogens with two attached hydrogens (primary N) is 2. The second-order valence-corrected chi connectivity index (χ2v) is 2.31. The molecule has 0 spiro atoms. The van der Waals surface area contributed by atoms with Crippen LogP contribution in [0.25, 0.3) is 0 Å². The second kappa shape index (κ2) is 3.75. The average molecular weight is 198 g/mol. The van der Waals surface area contributed by atoms with E-state index in [-0.39, 0.29) is 6.54 Å². The van der Waals surface area contributed by atoms with Gasteiger partial charge in [0.25, 0.3) is 0 Å². The largest absolute Gasteiger partial charge is 0.479 e. The van der Waals surface area contributed by atoms with Crippen molar-refractivity contribution in [3.8, 4) is 0 Å². The lowest BCUT2D eigenvalue weighted by atomic mass is 10.00. The minimum atomic E-state index is -5.04. The second-order valence-electron chi connectivity index (χ2n) is 2.31. The van der Waals surface area contributed by atoms with Gasteiger partial charge in [-0.15, -0.1) is 0 Å². The summed E-state index contributed by atoms with van der Waals surface area (Å²) in [4.78, 5) is 10.2. The van der Waals surface area contributed by atoms with Crippen LogP contribution in [-0.2, 0) is 4.79 Å². The molecule has 0 heterocycles. The van der Waals surface area contributed by atoms with E-state index in [0.717, 1.165) is 6.08 Å². The zero-order valence-corrected chi connectivity index (χ0v) is 6.51. The summed E-state index contributed by atoms with van der Waals surface area (Å²) in [5.41, 5.74) is 6.16. The van der Waals surface area contributed by atoms with Crippen LogP contribution in [0.5, 0.6) is 0 Å². The molecule has 1 atom stereocenters. The van der Waals surface area contributed by atoms with Crippen LogP contribution in [0.3, 0.4) is 0 Å². The fourth-order valence-corrected chi connectivity index (χ4v) is 0.541. The molecule has 76 valence electrons. The summed E-state index contributed by atoms with van der Waals surface area (Å²) in [6.45, 7) is -0.206. The van der Waals surface area contributed by atoms with Gasteiger partial charge in [0.2, 0.25) is 5.54 Å². The third-order valence-corrected chi connectivity index (χ3v) is 1.34. The van der Waals surface area contributed by atoms with E-state index in [1.54, 1.807) is 0 Å². The van der Waals surface area contributed by atoms with Crippen molar-refractivity contribution in [2.75, 3.05) is 6.54 Å². The minimum Gasteiger partial charge on any atom is -0.479 e. The van der Waals surface area contributed by atoms with Crippen LogP contribution in [0.15, 0.2) is 12.2 Å². The Morgan fingerprint density at radius 1 is 1.46 bits per heavy atom. The highest BCUT2D eigenvalue weighted by Gasteiger charge is 2.56. The quantitative estimate of drug-likeness (QED) is 0.550. The van der Waals surface area contributed by atoms with Gasteiger partial charge >= 0.3 is 12.1 Å². The number of rotatable bonds is 3. The summed E-state index contributed by atoms with van der Waals surface area (Å²) in [6, 6.07) is 0. The lowest BCUT2D eigenvalue weighted by Gasteiger charge is -2.23. The van der Waals surface area contributed by atoms with Crippen LogP contribution in [0.1, 0.15) is 0 Å². The first-order valence-corrected chi connectivity index (χ1v) is 3.22. The maximum absolute atomic E-state index is 12.1. The maximum Gasteiger partial charge on any atom is 0.420 e. The highest BCUT2D eigenvalue weighted by atomic mass is 19.4. The summed E-state index contributed by atoms with van der Waals surface area (Å²) in [7, 11) is 0. The smallest absolute Gasteiger partial charge is 0.420 e. The molecule has 0 fully saturated rings. The molecular weight excluding hydrogens is 189 g/mol. The Labute approximate surface area is 72.0 Å². The van der Waals surface area contributed by atoms with Crippen LogP contribution < -0.4 is 11.5 Å². The molecule has 4 nitrogen and oxygen atoms in total. The standard InChI is InChI=1S/C6H9F3N2O2/c7-6(8,9)5(11,4(12)13)2-1-3-10/h1-2H,3,10-11H2,(H,12,13)/b2-1+. The van der Waals surface area contributed by atoms with Gasteiger partial charge in [-0.1, -0.05) is 6.08 Å². The van der Waals surface area contributed by atoms with E-state index < -0.39 is 17.7 Å². The number of hydrogen-bond donors (Lipinski definition) is 3. The van der Waals surface area contributed by atoms with Gasteiger partial charge in [0.15, 0.2) is 0 Å². The predicted molar refractivity (Wildman–Crippen MR) is 38.8 cm³/mol. The molecule has 0 aliphatic heterocycles. The molecule has 0 aromatic carbocycles. The highest BCUT2D eigenvalue weighted by molar-refractivity contribution is 5.82. The molecule has 0 bridgehead atoms. The molecule has 0 amide bonds. The average Bonchev–Trinajstić information content (AvgIpc) is 1.97. The van der Waals surface area contributed by atoms with Crippen molar-refractivity contribution in [3.05, 3.63) is 12.2 Å². The Balaban J connectivity index is 4.96. The molecule has 0 saturated carbocycles. The zero-order chi connectivity index (χ0) is 10.7. The monoisotopic (exact) mass is 198 g/mol. The fourth-order valence-electron chi connectivity index (χ4n) is 0.541. The van der Waals surface area contributed by atoms with E-state index in [4.69, 9.17) is 10.8 Å². The van der Waals surface area contributed by atoms with Gasteiger partial charge < -0.3 is 16.6 Å². The van der Waals surface area contributed by atoms with Crippen molar-refractivity contribution >= 4 is 5.97 Å². The number of alkyl halides is 3. The molecule has 0 aromatic heterocycles. The van der Waals surface area contributed by atoms with E-state index >= 15 is 0 Å². The van der Waals surface area contributed by atoms with Crippen LogP contribution >= 0.6 is 0 Å². The molecular formula is C6H9F3N2O2. The molecule has 1 unspecified atom stereocenters. The van der Waals surface area contributed by atoms with Crippen LogP contribution in [0.4, 0.5) is 13.2 Å². The molecule has 0 radical (unpaired) electrons. The Hall–Kier alpha value is -1.08. The molecule has 0 aromatic rings. The maximum atomic E-state index is 12.1. The van der Waals surface area contributed by atoms with Crippen molar-refractivity contribution in [3.63, 3.8) is 0 Å². The van der Waals surface area contributed by atoms with Crippen molar-refractivity contribution in [1.29, 1.82) is 0 Å². The summed E-state index contributed by atoms with van der Waals surface area (Å²) >= 11 is 0. The first-order chi connectivity index (χ1) is 5.75. The summed E-state index contributed by atoms with van der Waals surface area (Å²) in [5.74, 6) is -2.16. The van der Waals surface area contributed by atoms with E-state index in [1.807, 2.05) is 0 Å². The topological polar surface area (TPSA) is 89.3 Å². The third kappa shape index (κ3) is 2.43. The normalized spacial score (nSPS) is 17.3. The Morgan fingerprint density at radius 2 is 1.92 bits per heavy atom. The van der Waals surface area contributed by atoms with E-state index in [9.17, 15) is 18.0 Å². The van der Waals surface area contributed by atoms with Crippen molar-refractivity contribution in [2.45, 2.75) is 11.7 Å². The highest BCUT2D eigenvalue weighted by Crippen LogP contribution is 2.29. The minimum absolute atomic E-state index is 0.206. The molecule has 0 aliphatic carbocycles. The number of aliphatic carboxylic acids is 1. The van der Waals surface area contributed by atoms with Gasteiger partial charge in [-0.05, 0) is 6.08 Å². The summed E-state index contributed by atoms with van der Waals surface area (Å²) in [5, 5.41) is 8.26. The number of halogens is 3. The van der Waals surface area contributed by atoms with E-state index in [0.29, 0.717) is 6.08 Å². The first-order valence-electron chi connectivity index (χ1n) is 3.22. The van der Waals surface area contributed by atoms with Crippen LogP contribution in [-0.4, -0.2) is 29.3 Å². The number of carboxylic acid groups (broad SMARTS) is 1.